The molecule has 1 aromatic heterocycles. The lowest BCUT2D eigenvalue weighted by atomic mass is 9.97. The molecule has 0 aliphatic rings. The van der Waals surface area contributed by atoms with Crippen LogP contribution >= 0.6 is 0 Å². The van der Waals surface area contributed by atoms with E-state index in [0.717, 1.165) is 72.4 Å². The zero-order valence-corrected chi connectivity index (χ0v) is 32.3. The summed E-state index contributed by atoms with van der Waals surface area (Å²) in [4.78, 5) is 0. The highest BCUT2D eigenvalue weighted by Gasteiger charge is 2.11. The van der Waals surface area contributed by atoms with Gasteiger partial charge in [-0.25, -0.2) is 0 Å². The van der Waals surface area contributed by atoms with Crippen LogP contribution in [0.15, 0.2) is 65.1 Å². The van der Waals surface area contributed by atoms with Gasteiger partial charge in [-0.3, -0.25) is 0 Å². The molecule has 49 heavy (non-hydrogen) atoms. The topological polar surface area (TPSA) is 57.4 Å². The molecule has 0 fully saturated rings. The van der Waals surface area contributed by atoms with Gasteiger partial charge in [-0.05, 0) is 112 Å². The Kier molecular flexibility index (Phi) is 16.9. The maximum absolute atomic E-state index is 6.12. The second kappa shape index (κ2) is 20.8. The lowest BCUT2D eigenvalue weighted by Gasteiger charge is -2.17. The van der Waals surface area contributed by atoms with Gasteiger partial charge in [-0.2, -0.15) is 0 Å². The molecule has 5 nitrogen and oxygen atoms in total. The standard InChI is InChI=1S/C28H50O2.C16H14N2O/c1-21(2)11-9-13-23(5)15-17-29-27-19-26(8)28(20-25(27)7)30-18-16-24(6)14-10-12-22(3)4;1-11-3-7-13(8-4-11)15-17-18-16(19-15)14-9-5-12(2)6-10-14/h19-24H,9-18H2,1-8H3;3-10H,1-2H3. The summed E-state index contributed by atoms with van der Waals surface area (Å²) in [5.41, 5.74) is 6.65. The molecular weight excluding hydrogens is 604 g/mol. The summed E-state index contributed by atoms with van der Waals surface area (Å²) in [7, 11) is 0. The summed E-state index contributed by atoms with van der Waals surface area (Å²) in [6, 6.07) is 20.4. The highest BCUT2D eigenvalue weighted by molar-refractivity contribution is 5.58. The lowest BCUT2D eigenvalue weighted by molar-refractivity contribution is 0.267. The van der Waals surface area contributed by atoms with Crippen molar-refractivity contribution in [1.29, 1.82) is 0 Å². The first-order valence-corrected chi connectivity index (χ1v) is 18.8. The zero-order valence-electron chi connectivity index (χ0n) is 32.3. The van der Waals surface area contributed by atoms with Crippen LogP contribution in [0.1, 0.15) is 115 Å². The number of ether oxygens (including phenoxy) is 2. The predicted molar refractivity (Wildman–Crippen MR) is 206 cm³/mol. The van der Waals surface area contributed by atoms with Gasteiger partial charge >= 0.3 is 0 Å². The first-order chi connectivity index (χ1) is 23.4. The molecule has 4 rings (SSSR count). The third-order valence-corrected chi connectivity index (χ3v) is 9.19. The van der Waals surface area contributed by atoms with Crippen molar-refractivity contribution in [3.63, 3.8) is 0 Å². The Balaban J connectivity index is 0.000000291. The molecule has 4 aromatic rings. The maximum atomic E-state index is 6.12. The van der Waals surface area contributed by atoms with Gasteiger partial charge in [0.1, 0.15) is 11.5 Å². The normalized spacial score (nSPS) is 12.5. The van der Waals surface area contributed by atoms with Gasteiger partial charge in [-0.15, -0.1) is 10.2 Å². The lowest BCUT2D eigenvalue weighted by Crippen LogP contribution is -2.07. The molecule has 2 unspecified atom stereocenters. The molecule has 0 amide bonds. The van der Waals surface area contributed by atoms with E-state index in [-0.39, 0.29) is 0 Å². The minimum atomic E-state index is 0.551. The molecule has 0 aliphatic carbocycles. The van der Waals surface area contributed by atoms with Crippen molar-refractivity contribution in [2.24, 2.45) is 23.7 Å². The van der Waals surface area contributed by atoms with Gasteiger partial charge in [0.15, 0.2) is 0 Å². The molecular formula is C44H64N2O3. The fourth-order valence-electron chi connectivity index (χ4n) is 5.70. The molecule has 0 bridgehead atoms. The quantitative estimate of drug-likeness (QED) is 0.106. The van der Waals surface area contributed by atoms with Crippen molar-refractivity contribution in [3.8, 4) is 34.4 Å². The van der Waals surface area contributed by atoms with Gasteiger partial charge in [0.25, 0.3) is 0 Å². The average molecular weight is 669 g/mol. The molecule has 1 heterocycles. The number of aryl methyl sites for hydroxylation is 4. The maximum Gasteiger partial charge on any atom is 0.248 e. The summed E-state index contributed by atoms with van der Waals surface area (Å²) >= 11 is 0. The van der Waals surface area contributed by atoms with E-state index in [1.54, 1.807) is 0 Å². The molecule has 3 aromatic carbocycles. The molecule has 268 valence electrons. The van der Waals surface area contributed by atoms with Gasteiger partial charge in [-0.1, -0.05) is 115 Å². The minimum Gasteiger partial charge on any atom is -0.493 e. The molecule has 0 radical (unpaired) electrons. The molecule has 0 aliphatic heterocycles. The van der Waals surface area contributed by atoms with E-state index in [4.69, 9.17) is 13.9 Å². The second-order valence-corrected chi connectivity index (χ2v) is 15.2. The highest BCUT2D eigenvalue weighted by atomic mass is 16.5. The van der Waals surface area contributed by atoms with Crippen molar-refractivity contribution >= 4 is 0 Å². The number of hydrogen-bond acceptors (Lipinski definition) is 5. The minimum absolute atomic E-state index is 0.551. The van der Waals surface area contributed by atoms with E-state index in [9.17, 15) is 0 Å². The zero-order chi connectivity index (χ0) is 35.8. The fourth-order valence-corrected chi connectivity index (χ4v) is 5.70. The van der Waals surface area contributed by atoms with Crippen LogP contribution in [0.4, 0.5) is 0 Å². The van der Waals surface area contributed by atoms with Crippen molar-refractivity contribution in [1.82, 2.24) is 10.2 Å². The highest BCUT2D eigenvalue weighted by Crippen LogP contribution is 2.29. The van der Waals surface area contributed by atoms with E-state index in [1.807, 2.05) is 48.5 Å². The number of rotatable bonds is 18. The first kappa shape index (κ1) is 39.8. The van der Waals surface area contributed by atoms with Gasteiger partial charge in [0.2, 0.25) is 11.8 Å². The molecule has 0 N–H and O–H groups in total. The molecule has 0 spiro atoms. The Bertz CT molecular complexity index is 1380. The van der Waals surface area contributed by atoms with Crippen molar-refractivity contribution in [3.05, 3.63) is 82.9 Å². The van der Waals surface area contributed by atoms with Crippen LogP contribution in [0.5, 0.6) is 11.5 Å². The summed E-state index contributed by atoms with van der Waals surface area (Å²) in [6.07, 6.45) is 10.2. The Morgan fingerprint density at radius 3 is 1.22 bits per heavy atom. The van der Waals surface area contributed by atoms with Crippen LogP contribution in [0, 0.1) is 51.4 Å². The van der Waals surface area contributed by atoms with E-state index >= 15 is 0 Å². The predicted octanol–water partition coefficient (Wildman–Crippen LogP) is 12.8. The number of hydrogen-bond donors (Lipinski definition) is 0. The van der Waals surface area contributed by atoms with E-state index in [0.29, 0.717) is 11.8 Å². The second-order valence-electron chi connectivity index (χ2n) is 15.2. The van der Waals surface area contributed by atoms with E-state index in [2.05, 4.69) is 91.6 Å². The SMILES string of the molecule is Cc1cc(OCCC(C)CCCC(C)C)c(C)cc1OCCC(C)CCCC(C)C.Cc1ccc(-c2nnc(-c3ccc(C)cc3)o2)cc1. The van der Waals surface area contributed by atoms with Crippen LogP contribution < -0.4 is 9.47 Å². The third-order valence-electron chi connectivity index (χ3n) is 9.19. The summed E-state index contributed by atoms with van der Waals surface area (Å²) in [5, 5.41) is 8.20. The Labute approximate surface area is 298 Å². The average Bonchev–Trinajstić information content (AvgIpc) is 3.54. The summed E-state index contributed by atoms with van der Waals surface area (Å²) in [5.74, 6) is 6.21. The van der Waals surface area contributed by atoms with Crippen molar-refractivity contribution in [2.75, 3.05) is 13.2 Å². The fraction of sp³-hybridized carbons (Fsp3) is 0.545. The largest absolute Gasteiger partial charge is 0.493 e. The van der Waals surface area contributed by atoms with Crippen LogP contribution in [-0.2, 0) is 0 Å². The Morgan fingerprint density at radius 2 is 0.878 bits per heavy atom. The van der Waals surface area contributed by atoms with E-state index < -0.39 is 0 Å². The summed E-state index contributed by atoms with van der Waals surface area (Å²) < 4.78 is 18.0. The monoisotopic (exact) mass is 668 g/mol. The van der Waals surface area contributed by atoms with Gasteiger partial charge in [0, 0.05) is 11.1 Å². The van der Waals surface area contributed by atoms with Crippen LogP contribution in [0.25, 0.3) is 22.9 Å². The first-order valence-electron chi connectivity index (χ1n) is 18.8. The Morgan fingerprint density at radius 1 is 0.510 bits per heavy atom. The smallest absolute Gasteiger partial charge is 0.248 e. The summed E-state index contributed by atoms with van der Waals surface area (Å²) in [6.45, 7) is 23.9. The third kappa shape index (κ3) is 14.8. The van der Waals surface area contributed by atoms with Crippen molar-refractivity contribution in [2.45, 2.75) is 121 Å². The number of benzene rings is 3. The number of nitrogens with zero attached hydrogens (tertiary/aromatic N) is 2. The molecule has 0 saturated carbocycles. The van der Waals surface area contributed by atoms with Gasteiger partial charge in [0.05, 0.1) is 13.2 Å². The van der Waals surface area contributed by atoms with Crippen LogP contribution in [0.3, 0.4) is 0 Å². The van der Waals surface area contributed by atoms with Crippen LogP contribution in [0.2, 0.25) is 0 Å². The van der Waals surface area contributed by atoms with Crippen molar-refractivity contribution < 1.29 is 13.9 Å². The van der Waals surface area contributed by atoms with Gasteiger partial charge < -0.3 is 13.9 Å². The molecule has 5 heteroatoms. The molecule has 0 saturated heterocycles. The molecule has 2 atom stereocenters. The number of aromatic nitrogens is 2. The Hall–Kier alpha value is -3.60. The van der Waals surface area contributed by atoms with E-state index in [1.165, 1.54) is 60.8 Å². The van der Waals surface area contributed by atoms with Crippen LogP contribution in [-0.4, -0.2) is 23.4 Å².